The van der Waals surface area contributed by atoms with Crippen molar-refractivity contribution in [2.24, 2.45) is 0 Å². The van der Waals surface area contributed by atoms with Crippen LogP contribution < -0.4 is 0 Å². The molecular formula is C4H9FRfSi. The van der Waals surface area contributed by atoms with Crippen molar-refractivity contribution in [1.29, 1.82) is 0 Å². The van der Waals surface area contributed by atoms with Crippen LogP contribution in [0.15, 0.2) is 0 Å². The van der Waals surface area contributed by atoms with Gasteiger partial charge in [0.05, 0.1) is 13.9 Å². The first-order valence-electron chi connectivity index (χ1n) is 2.27. The van der Waals surface area contributed by atoms with Crippen molar-refractivity contribution in [3.05, 3.63) is 0 Å². The van der Waals surface area contributed by atoms with Crippen molar-refractivity contribution < 1.29 is 4.39 Å². The first kappa shape index (κ1) is 6.15. The van der Waals surface area contributed by atoms with Crippen LogP contribution in [0.25, 0.3) is 0 Å². The Bertz CT molecular complexity index is 74.1. The van der Waals surface area contributed by atoms with Gasteiger partial charge in [-0.25, -0.2) is 0 Å². The Kier molecular flexibility index (Phi) is 0.929. The molecule has 38 valence electrons. The van der Waals surface area contributed by atoms with Gasteiger partial charge >= 0.3 is 0 Å². The molecule has 0 nitrogen and oxygen atoms in total. The normalized spacial score (nSPS) is 33.9. The Balaban J connectivity index is 0.000000360. The van der Waals surface area contributed by atoms with Crippen LogP contribution in [0.4, 0.5) is 4.39 Å². The van der Waals surface area contributed by atoms with Gasteiger partial charge in [-0.05, 0) is 6.04 Å². The van der Waals surface area contributed by atoms with Crippen molar-refractivity contribution >= 4 is 8.07 Å². The molecule has 1 aliphatic heterocycles. The second-order valence-corrected chi connectivity index (χ2v) is 7.67. The van der Waals surface area contributed by atoms with E-state index < -0.39 is 8.07 Å². The molecule has 0 N–H and O–H groups in total. The van der Waals surface area contributed by atoms with Crippen molar-refractivity contribution in [2.75, 3.05) is 0 Å². The van der Waals surface area contributed by atoms with Crippen molar-refractivity contribution in [3.8, 4) is 0 Å². The predicted octanol–water partition coefficient (Wildman–Crippen LogP) is 1.59. The molecule has 0 amide bonds. The van der Waals surface area contributed by atoms with Gasteiger partial charge in [-0.1, -0.05) is 13.1 Å². The maximum atomic E-state index is 12.0. The smallest absolute Gasteiger partial charge is 0.0904 e. The first-order valence-corrected chi connectivity index (χ1v) is 5.55. The number of alkyl halides is 1. The van der Waals surface area contributed by atoms with Crippen LogP contribution in [0.2, 0.25) is 19.1 Å². The van der Waals surface area contributed by atoms with Crippen LogP contribution >= 0.6 is 0 Å². The largest absolute Gasteiger partial charge is 0.252 e. The first-order chi connectivity index (χ1) is 2.63. The van der Waals surface area contributed by atoms with E-state index in [9.17, 15) is 4.39 Å². The molecule has 3 heteroatoms. The molecule has 0 radical (unpaired) electrons. The van der Waals surface area contributed by atoms with E-state index in [0.717, 1.165) is 6.04 Å². The molecule has 1 heterocycles. The second-order valence-electron chi connectivity index (χ2n) is 2.66. The molecule has 0 spiro atoms. The second kappa shape index (κ2) is 1.06. The molecule has 7 heavy (non-hydrogen) atoms. The van der Waals surface area contributed by atoms with E-state index in [1.807, 2.05) is 0 Å². The Morgan fingerprint density at radius 2 is 1.71 bits per heavy atom. The van der Waals surface area contributed by atoms with Crippen molar-refractivity contribution in [1.82, 2.24) is 0 Å². The fraction of sp³-hybridized carbons (Fsp3) is 1.00. The van der Waals surface area contributed by atoms with Gasteiger partial charge in [-0.2, -0.15) is 0 Å². The topological polar surface area (TPSA) is 0 Å². The zero-order valence-corrected chi connectivity index (χ0v) is 12.3. The average Bonchev–Trinajstić information content (AvgIpc) is 1.73. The molecule has 0 bridgehead atoms. The van der Waals surface area contributed by atoms with Gasteiger partial charge in [0.1, 0.15) is 0 Å². The van der Waals surface area contributed by atoms with E-state index >= 15 is 0 Å². The summed E-state index contributed by atoms with van der Waals surface area (Å²) >= 11 is 0. The van der Waals surface area contributed by atoms with E-state index in [4.69, 9.17) is 0 Å². The summed E-state index contributed by atoms with van der Waals surface area (Å²) in [7, 11) is -1.13. The molecule has 0 aromatic carbocycles. The minimum atomic E-state index is -1.13. The molecule has 1 rings (SSSR count). The Labute approximate surface area is 38.4 Å². The molecule has 1 atom stereocenters. The van der Waals surface area contributed by atoms with E-state index in [1.54, 1.807) is 0 Å². The Hall–Kier alpha value is -0.853. The van der Waals surface area contributed by atoms with Gasteiger partial charge in [0.2, 0.25) is 0 Å². The molecule has 1 saturated heterocycles. The molecule has 0 aliphatic carbocycles. The Morgan fingerprint density at radius 3 is 1.71 bits per heavy atom. The molecule has 0 saturated carbocycles. The molecule has 0 aromatic heterocycles. The van der Waals surface area contributed by atoms with Crippen LogP contribution in [-0.4, -0.2) is 13.9 Å². The van der Waals surface area contributed by atoms with Gasteiger partial charge in [0.15, 0.2) is 0 Å². The maximum absolute atomic E-state index is 12.0. The summed E-state index contributed by atoms with van der Waals surface area (Å²) in [6.45, 7) is 4.16. The molecule has 1 aliphatic rings. The molecular weight excluding hydrogens is 362 g/mol. The molecule has 1 fully saturated rings. The minimum Gasteiger partial charge on any atom is -0.252 e. The average molecular weight is 371 g/mol. The van der Waals surface area contributed by atoms with Gasteiger partial charge in [-0.15, -0.1) is 0 Å². The van der Waals surface area contributed by atoms with E-state index in [2.05, 4.69) is 13.1 Å². The third-order valence-corrected chi connectivity index (χ3v) is 4.18. The number of hydrogen-bond acceptors (Lipinski definition) is 0. The van der Waals surface area contributed by atoms with Gasteiger partial charge in [-0.3, -0.25) is 4.39 Å². The summed E-state index contributed by atoms with van der Waals surface area (Å²) in [4.78, 5) is 0. The minimum absolute atomic E-state index is 0. The third-order valence-electron chi connectivity index (χ3n) is 1.39. The SMILES string of the molecule is C[Si]1(C)CC1F.[Rf]. The maximum Gasteiger partial charge on any atom is 0.0904 e. The van der Waals surface area contributed by atoms with Gasteiger partial charge in [0, 0.05) is 0 Å². The molecule has 0 aromatic rings. The van der Waals surface area contributed by atoms with Gasteiger partial charge in [0.25, 0.3) is 0 Å². The van der Waals surface area contributed by atoms with Crippen LogP contribution in [-0.2, 0) is 0 Å². The molecule has 1 unspecified atom stereocenters. The van der Waals surface area contributed by atoms with Crippen LogP contribution in [0.1, 0.15) is 0 Å². The zero-order chi connectivity index (χ0) is 4.78. The standard InChI is InChI=1S/C4H9FSi.Rf/c1-6(2)3-4(6)5;/h4H,3H2,1-2H3;. The predicted molar refractivity (Wildman–Crippen MR) is 27.2 cm³/mol. The summed E-state index contributed by atoms with van der Waals surface area (Å²) in [5.41, 5.74) is 0. The monoisotopic (exact) mass is 371 g/mol. The summed E-state index contributed by atoms with van der Waals surface area (Å²) in [6.07, 6.45) is 0. The summed E-state index contributed by atoms with van der Waals surface area (Å²) in [5, 5.41) is 0. The Morgan fingerprint density at radius 1 is 1.57 bits per heavy atom. The summed E-state index contributed by atoms with van der Waals surface area (Å²) in [6, 6.07) is 0.910. The number of rotatable bonds is 0. The summed E-state index contributed by atoms with van der Waals surface area (Å²) < 4.78 is 12.0. The number of hydrogen-bond donors (Lipinski definition) is 0. The third kappa shape index (κ3) is 0.768. The van der Waals surface area contributed by atoms with Crippen molar-refractivity contribution in [2.45, 2.75) is 24.9 Å². The van der Waals surface area contributed by atoms with E-state index in [0.29, 0.717) is 0 Å². The van der Waals surface area contributed by atoms with Gasteiger partial charge < -0.3 is 0 Å². The fourth-order valence-electron chi connectivity index (χ4n) is 0.403. The van der Waals surface area contributed by atoms with Crippen LogP contribution in [0.5, 0.6) is 0 Å². The van der Waals surface area contributed by atoms with Crippen molar-refractivity contribution in [3.63, 3.8) is 0 Å². The quantitative estimate of drug-likeness (QED) is 0.568. The summed E-state index contributed by atoms with van der Waals surface area (Å²) in [5.74, 6) is -0.363. The fourth-order valence-corrected chi connectivity index (χ4v) is 2.43. The van der Waals surface area contributed by atoms with E-state index in [1.165, 1.54) is 0 Å². The number of halogens is 1. The van der Waals surface area contributed by atoms with Crippen LogP contribution in [0, 0.1) is 0 Å². The zero-order valence-electron chi connectivity index (χ0n) is 4.87. The van der Waals surface area contributed by atoms with Crippen LogP contribution in [0.3, 0.4) is 0 Å². The van der Waals surface area contributed by atoms with E-state index in [-0.39, 0.29) is 5.79 Å².